The molecule has 0 bridgehead atoms. The average Bonchev–Trinajstić information content (AvgIpc) is 3.27. The van der Waals surface area contributed by atoms with Gasteiger partial charge in [0, 0.05) is 11.3 Å². The molecule has 3 aliphatic heterocycles. The van der Waals surface area contributed by atoms with Crippen molar-refractivity contribution in [3.63, 3.8) is 0 Å². The van der Waals surface area contributed by atoms with Crippen LogP contribution in [0.3, 0.4) is 0 Å². The molecular formula is C48H76O18. The minimum Gasteiger partial charge on any atom is -0.432 e. The molecule has 0 amide bonds. The van der Waals surface area contributed by atoms with Crippen LogP contribution in [-0.2, 0) is 33.2 Å². The van der Waals surface area contributed by atoms with E-state index in [1.807, 2.05) is 13.0 Å². The number of ether oxygens (including phenoxy) is 6. The summed E-state index contributed by atoms with van der Waals surface area (Å²) in [6.45, 7) is 13.4. The molecule has 0 aromatic rings. The van der Waals surface area contributed by atoms with Gasteiger partial charge < -0.3 is 84.6 Å². The quantitative estimate of drug-likeness (QED) is 0.0819. The Balaban J connectivity index is 1.03. The highest BCUT2D eigenvalue weighted by Gasteiger charge is 2.70. The van der Waals surface area contributed by atoms with E-state index in [-0.39, 0.29) is 46.0 Å². The standard InChI is InChI=1S/C48H76O18/c1-22-30(52)38(65-39-35(57)33(55)31(53)25(19-49)62-39)37(59)41(61-22)64-29-11-12-44(4)27(45(29,5)21-51)10-13-47(7)28(44)9-8-23-24-18-43(2,3)14-16-48(24,17-15-46(23,47)6)42(60)66-40-36(58)34(56)32(54)26(20-50)63-40/h8,14,16,22,24-41,49-59H,9-13,15,17-21H2,1-7H3/t22-,24+,25-,26-,27-,28-,29+,30+,31-,32-,33+,34+,35-,36-,37-,38+,39+,40+,41+,44+,45+,46-,47-,48+/m1/s1. The van der Waals surface area contributed by atoms with Gasteiger partial charge in [-0.15, -0.1) is 0 Å². The van der Waals surface area contributed by atoms with Crippen molar-refractivity contribution < 1.29 is 89.4 Å². The number of carbonyl (C=O) groups is 1. The molecule has 18 heteroatoms. The Bertz CT molecular complexity index is 1840. The number of fused-ring (bicyclic) bond motifs is 7. The van der Waals surface area contributed by atoms with Gasteiger partial charge in [-0.2, -0.15) is 0 Å². The van der Waals surface area contributed by atoms with E-state index in [0.29, 0.717) is 25.7 Å². The highest BCUT2D eigenvalue weighted by molar-refractivity contribution is 5.81. The lowest BCUT2D eigenvalue weighted by molar-refractivity contribution is -0.367. The zero-order valence-electron chi connectivity index (χ0n) is 39.3. The Morgan fingerprint density at radius 1 is 0.667 bits per heavy atom. The lowest BCUT2D eigenvalue weighted by Crippen LogP contribution is -2.67. The van der Waals surface area contributed by atoms with Gasteiger partial charge in [-0.25, -0.2) is 0 Å². The summed E-state index contributed by atoms with van der Waals surface area (Å²) in [6.07, 6.45) is -11.4. The third-order valence-corrected chi connectivity index (χ3v) is 18.9. The minimum atomic E-state index is -1.76. The van der Waals surface area contributed by atoms with E-state index < -0.39 is 128 Å². The van der Waals surface area contributed by atoms with Crippen molar-refractivity contribution >= 4 is 5.97 Å². The fourth-order valence-corrected chi connectivity index (χ4v) is 14.6. The van der Waals surface area contributed by atoms with Crippen molar-refractivity contribution in [3.05, 3.63) is 23.8 Å². The lowest BCUT2D eigenvalue weighted by Gasteiger charge is -2.71. The van der Waals surface area contributed by atoms with Crippen molar-refractivity contribution in [3.8, 4) is 0 Å². The second-order valence-electron chi connectivity index (χ2n) is 22.8. The third kappa shape index (κ3) is 7.71. The van der Waals surface area contributed by atoms with Crippen LogP contribution in [0.15, 0.2) is 23.8 Å². The number of aliphatic hydroxyl groups excluding tert-OH is 11. The van der Waals surface area contributed by atoms with Crippen LogP contribution in [0.1, 0.15) is 99.8 Å². The third-order valence-electron chi connectivity index (χ3n) is 18.9. The second kappa shape index (κ2) is 17.9. The first-order chi connectivity index (χ1) is 30.9. The minimum absolute atomic E-state index is 0.0250. The van der Waals surface area contributed by atoms with Gasteiger partial charge in [-0.3, -0.25) is 4.79 Å². The topological polar surface area (TPSA) is 295 Å². The van der Waals surface area contributed by atoms with Crippen molar-refractivity contribution in [1.82, 2.24) is 0 Å². The molecule has 8 rings (SSSR count). The zero-order chi connectivity index (χ0) is 48.3. The van der Waals surface area contributed by atoms with Gasteiger partial charge in [0.15, 0.2) is 12.6 Å². The molecule has 0 radical (unpaired) electrons. The van der Waals surface area contributed by atoms with Gasteiger partial charge in [0.25, 0.3) is 0 Å². The van der Waals surface area contributed by atoms with Crippen LogP contribution in [0.25, 0.3) is 0 Å². The molecule has 376 valence electrons. The average molecular weight is 941 g/mol. The molecule has 0 unspecified atom stereocenters. The largest absolute Gasteiger partial charge is 0.432 e. The molecule has 66 heavy (non-hydrogen) atoms. The molecule has 5 aliphatic carbocycles. The van der Waals surface area contributed by atoms with E-state index in [9.17, 15) is 61.0 Å². The maximum atomic E-state index is 14.6. The number of aliphatic hydroxyl groups is 11. The summed E-state index contributed by atoms with van der Waals surface area (Å²) in [5.41, 5.74) is -1.78. The Morgan fingerprint density at radius 2 is 1.27 bits per heavy atom. The normalized spacial score (nSPS) is 54.5. The molecule has 8 aliphatic rings. The number of hydrogen-bond acceptors (Lipinski definition) is 18. The number of rotatable bonds is 9. The van der Waals surface area contributed by atoms with Crippen molar-refractivity contribution in [1.29, 1.82) is 0 Å². The molecule has 3 saturated carbocycles. The Labute approximate surface area is 386 Å². The van der Waals surface area contributed by atoms with Gasteiger partial charge in [0.2, 0.25) is 6.29 Å². The van der Waals surface area contributed by atoms with Crippen LogP contribution in [0, 0.1) is 50.2 Å². The summed E-state index contributed by atoms with van der Waals surface area (Å²) in [6, 6.07) is 0. The highest BCUT2D eigenvalue weighted by atomic mass is 16.7. The summed E-state index contributed by atoms with van der Waals surface area (Å²) < 4.78 is 35.7. The van der Waals surface area contributed by atoms with E-state index in [4.69, 9.17) is 28.4 Å². The van der Waals surface area contributed by atoms with Crippen molar-refractivity contribution in [2.45, 2.75) is 198 Å². The first-order valence-electron chi connectivity index (χ1n) is 24.0. The molecule has 3 saturated heterocycles. The molecule has 0 spiro atoms. The molecular weight excluding hydrogens is 865 g/mol. The van der Waals surface area contributed by atoms with E-state index in [2.05, 4.69) is 46.8 Å². The molecule has 18 nitrogen and oxygen atoms in total. The smallest absolute Gasteiger partial charge is 0.318 e. The Kier molecular flexibility index (Phi) is 13.7. The molecule has 6 fully saturated rings. The molecule has 0 aromatic heterocycles. The van der Waals surface area contributed by atoms with Gasteiger partial charge in [-0.05, 0) is 91.8 Å². The molecule has 0 aromatic carbocycles. The zero-order valence-corrected chi connectivity index (χ0v) is 39.3. The van der Waals surface area contributed by atoms with Gasteiger partial charge in [0.1, 0.15) is 67.1 Å². The maximum absolute atomic E-state index is 14.6. The van der Waals surface area contributed by atoms with Crippen LogP contribution in [-0.4, -0.2) is 180 Å². The molecule has 24 atom stereocenters. The number of allylic oxidation sites excluding steroid dienone is 3. The summed E-state index contributed by atoms with van der Waals surface area (Å²) in [5.74, 6) is -0.689. The van der Waals surface area contributed by atoms with E-state index in [1.54, 1.807) is 6.92 Å². The fourth-order valence-electron chi connectivity index (χ4n) is 14.6. The molecule has 3 heterocycles. The SMILES string of the molecule is C[C@H]1O[C@@H](O[C@H]2CC[C@@]3(C)[C@@H](CC[C@]4(C)[C@@H]3CC=C3[C@@H]5CC(C)(C)C=C[C@]5(C(=O)O[C@@H]5O[C@H](CO)[C@@H](O)[C@H](O)[C@H]5O)CC[C@]34C)[C@]2(C)CO)[C@H](O)[C@@H](O[C@@H]2O[C@H](CO)[C@@H](O)[C@H](O)[C@H]2O)[C@H]1O. The number of hydrogen-bond donors (Lipinski definition) is 11. The number of esters is 1. The van der Waals surface area contributed by atoms with E-state index in [1.165, 1.54) is 5.57 Å². The first kappa shape index (κ1) is 50.7. The summed E-state index contributed by atoms with van der Waals surface area (Å²) >= 11 is 0. The van der Waals surface area contributed by atoms with E-state index >= 15 is 0 Å². The van der Waals surface area contributed by atoms with Crippen LogP contribution in [0.4, 0.5) is 0 Å². The van der Waals surface area contributed by atoms with Crippen molar-refractivity contribution in [2.75, 3.05) is 19.8 Å². The van der Waals surface area contributed by atoms with E-state index in [0.717, 1.165) is 25.7 Å². The lowest BCUT2D eigenvalue weighted by atomic mass is 9.34. The van der Waals surface area contributed by atoms with Crippen molar-refractivity contribution in [2.24, 2.45) is 50.2 Å². The monoisotopic (exact) mass is 941 g/mol. The number of carbonyl (C=O) groups excluding carboxylic acids is 1. The summed E-state index contributed by atoms with van der Waals surface area (Å²) in [5, 5.41) is 117. The predicted octanol–water partition coefficient (Wildman–Crippen LogP) is -0.0835. The van der Waals surface area contributed by atoms with Gasteiger partial charge >= 0.3 is 5.97 Å². The van der Waals surface area contributed by atoms with Crippen LogP contribution >= 0.6 is 0 Å². The van der Waals surface area contributed by atoms with Crippen LogP contribution in [0.2, 0.25) is 0 Å². The van der Waals surface area contributed by atoms with Gasteiger partial charge in [0.05, 0.1) is 37.4 Å². The van der Waals surface area contributed by atoms with Crippen LogP contribution < -0.4 is 0 Å². The highest BCUT2D eigenvalue weighted by Crippen LogP contribution is 2.75. The first-order valence-corrected chi connectivity index (χ1v) is 24.0. The summed E-state index contributed by atoms with van der Waals surface area (Å²) in [4.78, 5) is 14.6. The molecule has 11 N–H and O–H groups in total. The predicted molar refractivity (Wildman–Crippen MR) is 230 cm³/mol. The Morgan fingerprint density at radius 3 is 1.89 bits per heavy atom. The maximum Gasteiger partial charge on any atom is 0.318 e. The summed E-state index contributed by atoms with van der Waals surface area (Å²) in [7, 11) is 0. The fraction of sp³-hybridized carbons (Fsp3) is 0.896. The van der Waals surface area contributed by atoms with Gasteiger partial charge in [-0.1, -0.05) is 65.3 Å². The van der Waals surface area contributed by atoms with Crippen LogP contribution in [0.5, 0.6) is 0 Å². The Hall–Kier alpha value is -1.69. The second-order valence-corrected chi connectivity index (χ2v) is 22.8.